The van der Waals surface area contributed by atoms with Gasteiger partial charge in [0, 0.05) is 13.1 Å². The molecule has 30 heavy (non-hydrogen) atoms. The molecular formula is C24H32N2O4. The van der Waals surface area contributed by atoms with Gasteiger partial charge in [0.1, 0.15) is 17.5 Å². The van der Waals surface area contributed by atoms with E-state index in [0.29, 0.717) is 13.1 Å². The third-order valence-corrected chi connectivity index (χ3v) is 5.00. The number of rotatable bonds is 11. The monoisotopic (exact) mass is 412 g/mol. The van der Waals surface area contributed by atoms with Crippen molar-refractivity contribution in [2.45, 2.75) is 45.7 Å². The molecule has 0 aromatic heterocycles. The molecule has 0 saturated carbocycles. The zero-order valence-corrected chi connectivity index (χ0v) is 18.3. The number of carbonyl (C=O) groups excluding carboxylic acids is 2. The van der Waals surface area contributed by atoms with Crippen molar-refractivity contribution in [2.24, 2.45) is 0 Å². The minimum absolute atomic E-state index is 0.110. The molecular weight excluding hydrogens is 380 g/mol. The summed E-state index contributed by atoms with van der Waals surface area (Å²) in [6, 6.07) is 14.4. The largest absolute Gasteiger partial charge is 0.497 e. The quantitative estimate of drug-likeness (QED) is 0.573. The van der Waals surface area contributed by atoms with Gasteiger partial charge in [-0.2, -0.15) is 0 Å². The van der Waals surface area contributed by atoms with Crippen molar-refractivity contribution in [2.75, 3.05) is 20.8 Å². The zero-order chi connectivity index (χ0) is 21.9. The molecule has 1 atom stereocenters. The number of methoxy groups -OCH3 is 2. The van der Waals surface area contributed by atoms with E-state index in [0.717, 1.165) is 35.5 Å². The molecule has 2 rings (SSSR count). The second kappa shape index (κ2) is 11.9. The van der Waals surface area contributed by atoms with E-state index in [1.807, 2.05) is 48.5 Å². The Morgan fingerprint density at radius 2 is 1.70 bits per heavy atom. The van der Waals surface area contributed by atoms with Gasteiger partial charge in [0.05, 0.1) is 20.6 Å². The van der Waals surface area contributed by atoms with Crippen molar-refractivity contribution in [1.29, 1.82) is 0 Å². The van der Waals surface area contributed by atoms with Crippen molar-refractivity contribution in [3.63, 3.8) is 0 Å². The molecule has 0 fully saturated rings. The van der Waals surface area contributed by atoms with Crippen LogP contribution in [0, 0.1) is 0 Å². The first kappa shape index (κ1) is 23.3. The molecule has 162 valence electrons. The van der Waals surface area contributed by atoms with Crippen molar-refractivity contribution in [3.05, 3.63) is 59.7 Å². The Morgan fingerprint density at radius 1 is 1.00 bits per heavy atom. The Kier molecular flexibility index (Phi) is 9.19. The second-order valence-corrected chi connectivity index (χ2v) is 7.22. The summed E-state index contributed by atoms with van der Waals surface area (Å²) in [5.74, 6) is 1.20. The topological polar surface area (TPSA) is 67.9 Å². The Morgan fingerprint density at radius 3 is 2.33 bits per heavy atom. The summed E-state index contributed by atoms with van der Waals surface area (Å²) < 4.78 is 10.5. The molecule has 0 aliphatic rings. The lowest BCUT2D eigenvalue weighted by molar-refractivity contribution is -0.140. The molecule has 0 saturated heterocycles. The Balaban J connectivity index is 2.19. The van der Waals surface area contributed by atoms with Crippen LogP contribution in [0.4, 0.5) is 0 Å². The Labute approximate surface area is 179 Å². The summed E-state index contributed by atoms with van der Waals surface area (Å²) in [6.07, 6.45) is 2.12. The highest BCUT2D eigenvalue weighted by atomic mass is 16.5. The number of hydrogen-bond donors (Lipinski definition) is 1. The molecule has 0 spiro atoms. The number of hydrogen-bond acceptors (Lipinski definition) is 4. The van der Waals surface area contributed by atoms with E-state index >= 15 is 0 Å². The summed E-state index contributed by atoms with van der Waals surface area (Å²) in [6.45, 7) is 4.78. The number of ether oxygens (including phenoxy) is 2. The fraction of sp³-hybridized carbons (Fsp3) is 0.417. The van der Waals surface area contributed by atoms with Gasteiger partial charge < -0.3 is 19.7 Å². The van der Waals surface area contributed by atoms with Crippen molar-refractivity contribution in [1.82, 2.24) is 10.2 Å². The summed E-state index contributed by atoms with van der Waals surface area (Å²) in [7, 11) is 3.21. The fourth-order valence-electron chi connectivity index (χ4n) is 3.11. The van der Waals surface area contributed by atoms with Crippen LogP contribution in [0.15, 0.2) is 48.5 Å². The molecule has 0 heterocycles. The van der Waals surface area contributed by atoms with Crippen LogP contribution in [-0.2, 0) is 22.6 Å². The van der Waals surface area contributed by atoms with Crippen LogP contribution >= 0.6 is 0 Å². The van der Waals surface area contributed by atoms with Crippen molar-refractivity contribution in [3.8, 4) is 11.5 Å². The van der Waals surface area contributed by atoms with Crippen LogP contribution in [0.1, 0.15) is 37.8 Å². The molecule has 0 unspecified atom stereocenters. The molecule has 0 bridgehead atoms. The van der Waals surface area contributed by atoms with Crippen LogP contribution in [0.5, 0.6) is 11.5 Å². The first-order valence-electron chi connectivity index (χ1n) is 10.3. The average Bonchev–Trinajstić information content (AvgIpc) is 2.77. The lowest BCUT2D eigenvalue weighted by Crippen LogP contribution is -2.48. The molecule has 0 radical (unpaired) electrons. The highest BCUT2D eigenvalue weighted by Crippen LogP contribution is 2.18. The Bertz CT molecular complexity index is 820. The standard InChI is InChI=1S/C24H32N2O4/c1-5-6-14-25-24(28)18(2)26(17-20-8-7-9-22(15-20)30-4)23(27)16-19-10-12-21(29-3)13-11-19/h7-13,15,18H,5-6,14,16-17H2,1-4H3,(H,25,28)/t18-/m0/s1. The van der Waals surface area contributed by atoms with Gasteiger partial charge in [0.2, 0.25) is 11.8 Å². The summed E-state index contributed by atoms with van der Waals surface area (Å²) in [5.41, 5.74) is 1.78. The van der Waals surface area contributed by atoms with E-state index < -0.39 is 6.04 Å². The van der Waals surface area contributed by atoms with Gasteiger partial charge in [-0.3, -0.25) is 9.59 Å². The number of nitrogens with zero attached hydrogens (tertiary/aromatic N) is 1. The van der Waals surface area contributed by atoms with Crippen LogP contribution < -0.4 is 14.8 Å². The minimum Gasteiger partial charge on any atom is -0.497 e. The van der Waals surface area contributed by atoms with Gasteiger partial charge in [-0.05, 0) is 48.7 Å². The molecule has 6 nitrogen and oxygen atoms in total. The van der Waals surface area contributed by atoms with E-state index in [4.69, 9.17) is 9.47 Å². The van der Waals surface area contributed by atoms with Gasteiger partial charge in [0.25, 0.3) is 0 Å². The Hall–Kier alpha value is -3.02. The van der Waals surface area contributed by atoms with Gasteiger partial charge in [-0.1, -0.05) is 37.6 Å². The first-order valence-corrected chi connectivity index (χ1v) is 10.3. The summed E-state index contributed by atoms with van der Waals surface area (Å²) >= 11 is 0. The molecule has 0 aliphatic carbocycles. The number of amides is 2. The number of unbranched alkanes of at least 4 members (excludes halogenated alkanes) is 1. The van der Waals surface area contributed by atoms with Crippen LogP contribution in [-0.4, -0.2) is 43.5 Å². The smallest absolute Gasteiger partial charge is 0.242 e. The third kappa shape index (κ3) is 6.79. The molecule has 2 aromatic carbocycles. The highest BCUT2D eigenvalue weighted by molar-refractivity contribution is 5.88. The van der Waals surface area contributed by atoms with Crippen LogP contribution in [0.2, 0.25) is 0 Å². The third-order valence-electron chi connectivity index (χ3n) is 5.00. The predicted octanol–water partition coefficient (Wildman–Crippen LogP) is 3.58. The van der Waals surface area contributed by atoms with E-state index in [-0.39, 0.29) is 18.2 Å². The zero-order valence-electron chi connectivity index (χ0n) is 18.3. The molecule has 1 N–H and O–H groups in total. The summed E-state index contributed by atoms with van der Waals surface area (Å²) in [4.78, 5) is 27.5. The first-order chi connectivity index (χ1) is 14.5. The molecule has 2 amide bonds. The second-order valence-electron chi connectivity index (χ2n) is 7.22. The SMILES string of the molecule is CCCCNC(=O)[C@H](C)N(Cc1cccc(OC)c1)C(=O)Cc1ccc(OC)cc1. The number of carbonyl (C=O) groups is 2. The highest BCUT2D eigenvalue weighted by Gasteiger charge is 2.26. The predicted molar refractivity (Wildman–Crippen MR) is 118 cm³/mol. The van der Waals surface area contributed by atoms with Gasteiger partial charge in [0.15, 0.2) is 0 Å². The maximum absolute atomic E-state index is 13.2. The molecule has 6 heteroatoms. The lowest BCUT2D eigenvalue weighted by Gasteiger charge is -2.29. The molecule has 0 aliphatic heterocycles. The van der Waals surface area contributed by atoms with Gasteiger partial charge in [-0.15, -0.1) is 0 Å². The van der Waals surface area contributed by atoms with Crippen molar-refractivity contribution >= 4 is 11.8 Å². The number of nitrogens with one attached hydrogen (secondary N) is 1. The van der Waals surface area contributed by atoms with Crippen LogP contribution in [0.25, 0.3) is 0 Å². The lowest BCUT2D eigenvalue weighted by atomic mass is 10.1. The molecule has 2 aromatic rings. The van der Waals surface area contributed by atoms with E-state index in [1.165, 1.54) is 0 Å². The van der Waals surface area contributed by atoms with E-state index in [2.05, 4.69) is 12.2 Å². The number of benzene rings is 2. The van der Waals surface area contributed by atoms with Crippen molar-refractivity contribution < 1.29 is 19.1 Å². The fourth-order valence-corrected chi connectivity index (χ4v) is 3.11. The van der Waals surface area contributed by atoms with Gasteiger partial charge in [-0.25, -0.2) is 0 Å². The minimum atomic E-state index is -0.584. The maximum Gasteiger partial charge on any atom is 0.242 e. The summed E-state index contributed by atoms with van der Waals surface area (Å²) in [5, 5.41) is 2.93. The average molecular weight is 413 g/mol. The van der Waals surface area contributed by atoms with Gasteiger partial charge >= 0.3 is 0 Å². The normalized spacial score (nSPS) is 11.5. The van der Waals surface area contributed by atoms with Crippen LogP contribution in [0.3, 0.4) is 0 Å². The van der Waals surface area contributed by atoms with E-state index in [1.54, 1.807) is 26.0 Å². The maximum atomic E-state index is 13.2. The van der Waals surface area contributed by atoms with E-state index in [9.17, 15) is 9.59 Å².